The fraction of sp³-hybridized carbons (Fsp3) is 0.143. The fourth-order valence-corrected chi connectivity index (χ4v) is 6.08. The Kier molecular flexibility index (Phi) is 5.11. The van der Waals surface area contributed by atoms with Crippen molar-refractivity contribution in [3.05, 3.63) is 72.8 Å². The second-order valence-corrected chi connectivity index (χ2v) is 9.72. The second kappa shape index (κ2) is 7.20. The molecular formula is C21H23O5P. The summed E-state index contributed by atoms with van der Waals surface area (Å²) in [7, 11) is 0.0515. The third kappa shape index (κ3) is 3.26. The number of ether oxygens (including phenoxy) is 3. The molecule has 3 aromatic rings. The molecule has 0 fully saturated rings. The molecule has 2 N–H and O–H groups in total. The zero-order valence-electron chi connectivity index (χ0n) is 15.5. The molecule has 5 nitrogen and oxygen atoms in total. The molecule has 3 aromatic carbocycles. The van der Waals surface area contributed by atoms with Gasteiger partial charge in [0, 0.05) is 0 Å². The van der Waals surface area contributed by atoms with Crippen molar-refractivity contribution in [3.8, 4) is 17.2 Å². The minimum absolute atomic E-state index is 0.414. The number of methoxy groups -OCH3 is 3. The summed E-state index contributed by atoms with van der Waals surface area (Å²) in [6, 6.07) is 20.4. The van der Waals surface area contributed by atoms with E-state index in [-0.39, 0.29) is 0 Å². The summed E-state index contributed by atoms with van der Waals surface area (Å²) in [5.41, 5.74) is 0. The molecule has 27 heavy (non-hydrogen) atoms. The Labute approximate surface area is 158 Å². The van der Waals surface area contributed by atoms with Gasteiger partial charge in [-0.15, -0.1) is 0 Å². The summed E-state index contributed by atoms with van der Waals surface area (Å²) in [6.45, 7) is 0. The van der Waals surface area contributed by atoms with E-state index in [1.165, 1.54) is 0 Å². The predicted molar refractivity (Wildman–Crippen MR) is 109 cm³/mol. The predicted octanol–water partition coefficient (Wildman–Crippen LogP) is 2.36. The maximum absolute atomic E-state index is 11.9. The molecule has 0 amide bonds. The monoisotopic (exact) mass is 386 g/mol. The molecule has 0 aliphatic carbocycles. The van der Waals surface area contributed by atoms with Crippen LogP contribution in [0, 0.1) is 0 Å². The van der Waals surface area contributed by atoms with Crippen LogP contribution < -0.4 is 30.1 Å². The third-order valence-electron chi connectivity index (χ3n) is 4.68. The van der Waals surface area contributed by atoms with Crippen molar-refractivity contribution < 1.29 is 24.0 Å². The second-order valence-electron chi connectivity index (χ2n) is 6.12. The number of hydrogen-bond acceptors (Lipinski definition) is 5. The van der Waals surface area contributed by atoms with Crippen molar-refractivity contribution in [1.82, 2.24) is 0 Å². The molecule has 0 bridgehead atoms. The first kappa shape index (κ1) is 19.2. The number of rotatable bonds is 6. The Morgan fingerprint density at radius 3 is 0.889 bits per heavy atom. The van der Waals surface area contributed by atoms with E-state index in [9.17, 15) is 9.79 Å². The van der Waals surface area contributed by atoms with Crippen LogP contribution in [-0.4, -0.2) is 31.1 Å². The van der Waals surface area contributed by atoms with E-state index in [2.05, 4.69) is 0 Å². The van der Waals surface area contributed by atoms with Gasteiger partial charge in [-0.2, -0.15) is 0 Å². The molecule has 0 atom stereocenters. The van der Waals surface area contributed by atoms with Gasteiger partial charge in [0.1, 0.15) is 0 Å². The Bertz CT molecular complexity index is 780. The first-order valence-corrected chi connectivity index (χ1v) is 10.5. The first-order chi connectivity index (χ1) is 12.9. The summed E-state index contributed by atoms with van der Waals surface area (Å²) >= 11 is 0. The molecule has 0 heterocycles. The zero-order valence-corrected chi connectivity index (χ0v) is 16.4. The van der Waals surface area contributed by atoms with Gasteiger partial charge < -0.3 is 0 Å². The minimum atomic E-state index is -4.66. The van der Waals surface area contributed by atoms with Crippen molar-refractivity contribution in [3.63, 3.8) is 0 Å². The van der Waals surface area contributed by atoms with Crippen molar-refractivity contribution in [1.29, 1.82) is 0 Å². The summed E-state index contributed by atoms with van der Waals surface area (Å²) in [6.07, 6.45) is 0. The van der Waals surface area contributed by atoms with Gasteiger partial charge in [-0.25, -0.2) is 0 Å². The third-order valence-corrected chi connectivity index (χ3v) is 8.51. The SMILES string of the molecule is COc1ccc(P(O)(O)(c2ccc(OC)cc2)c2ccc(OC)cc2)cc1. The molecule has 6 heteroatoms. The molecule has 0 saturated carbocycles. The van der Waals surface area contributed by atoms with Crippen LogP contribution >= 0.6 is 7.06 Å². The van der Waals surface area contributed by atoms with Crippen LogP contribution in [0.15, 0.2) is 72.8 Å². The van der Waals surface area contributed by atoms with E-state index in [0.29, 0.717) is 33.2 Å². The van der Waals surface area contributed by atoms with Crippen LogP contribution in [0.25, 0.3) is 0 Å². The Hall–Kier alpha value is -2.59. The van der Waals surface area contributed by atoms with Crippen molar-refractivity contribution in [2.24, 2.45) is 0 Å². The quantitative estimate of drug-likeness (QED) is 0.637. The molecule has 142 valence electrons. The Balaban J connectivity index is 2.25. The van der Waals surface area contributed by atoms with Crippen molar-refractivity contribution in [2.45, 2.75) is 0 Å². The van der Waals surface area contributed by atoms with Crippen LogP contribution in [0.3, 0.4) is 0 Å². The molecule has 0 unspecified atom stereocenters. The van der Waals surface area contributed by atoms with E-state index < -0.39 is 7.06 Å². The van der Waals surface area contributed by atoms with Gasteiger partial charge in [-0.1, -0.05) is 0 Å². The van der Waals surface area contributed by atoms with Crippen LogP contribution in [0.5, 0.6) is 17.2 Å². The van der Waals surface area contributed by atoms with Gasteiger partial charge in [0.2, 0.25) is 0 Å². The van der Waals surface area contributed by atoms with Gasteiger partial charge in [-0.05, 0) is 0 Å². The van der Waals surface area contributed by atoms with Gasteiger partial charge >= 0.3 is 158 Å². The van der Waals surface area contributed by atoms with Gasteiger partial charge in [0.25, 0.3) is 0 Å². The van der Waals surface area contributed by atoms with Gasteiger partial charge in [-0.3, -0.25) is 0 Å². The van der Waals surface area contributed by atoms with Crippen LogP contribution in [0.2, 0.25) is 0 Å². The molecule has 0 saturated heterocycles. The van der Waals surface area contributed by atoms with E-state index in [1.807, 2.05) is 0 Å². The number of benzene rings is 3. The molecule has 0 spiro atoms. The van der Waals surface area contributed by atoms with Crippen LogP contribution in [-0.2, 0) is 0 Å². The van der Waals surface area contributed by atoms with Gasteiger partial charge in [0.15, 0.2) is 0 Å². The zero-order chi connectivity index (χ0) is 19.5. The van der Waals surface area contributed by atoms with Crippen LogP contribution in [0.1, 0.15) is 0 Å². The molecule has 3 rings (SSSR count). The van der Waals surface area contributed by atoms with Crippen LogP contribution in [0.4, 0.5) is 0 Å². The standard InChI is InChI=1S/C21H23O5P/c1-24-16-4-10-19(11-5-16)27(22,23,20-12-6-17(25-2)7-13-20)21-14-8-18(26-3)9-15-21/h4-15,22-23H,1-3H3. The molecule has 0 aliphatic rings. The maximum atomic E-state index is 11.9. The summed E-state index contributed by atoms with van der Waals surface area (Å²) in [5, 5.41) is 1.24. The number of hydrogen-bond donors (Lipinski definition) is 2. The van der Waals surface area contributed by atoms with Crippen molar-refractivity contribution in [2.75, 3.05) is 21.3 Å². The topological polar surface area (TPSA) is 68.2 Å². The van der Waals surface area contributed by atoms with E-state index in [4.69, 9.17) is 14.2 Å². The van der Waals surface area contributed by atoms with E-state index in [1.54, 1.807) is 94.1 Å². The molecule has 0 aliphatic heterocycles. The molecule has 0 radical (unpaired) electrons. The first-order valence-electron chi connectivity index (χ1n) is 8.37. The summed E-state index contributed by atoms with van der Waals surface area (Å²) in [4.78, 5) is 23.9. The molecule has 0 aromatic heterocycles. The van der Waals surface area contributed by atoms with Gasteiger partial charge in [0.05, 0.1) is 0 Å². The van der Waals surface area contributed by atoms with E-state index >= 15 is 0 Å². The Morgan fingerprint density at radius 1 is 0.481 bits per heavy atom. The average molecular weight is 386 g/mol. The summed E-state index contributed by atoms with van der Waals surface area (Å²) < 4.78 is 15.6. The Morgan fingerprint density at radius 2 is 0.704 bits per heavy atom. The van der Waals surface area contributed by atoms with E-state index in [0.717, 1.165) is 0 Å². The average Bonchev–Trinajstić information content (AvgIpc) is 2.74. The van der Waals surface area contributed by atoms with Crippen molar-refractivity contribution >= 4 is 23.0 Å². The normalized spacial score (nSPS) is 12.7. The summed E-state index contributed by atoms with van der Waals surface area (Å²) in [5.74, 6) is 1.92. The molecular weight excluding hydrogens is 363 g/mol. The fourth-order valence-electron chi connectivity index (χ4n) is 3.04.